The highest BCUT2D eigenvalue weighted by atomic mass is 16.5. The molecule has 0 saturated carbocycles. The van der Waals surface area contributed by atoms with Gasteiger partial charge in [0.15, 0.2) is 0 Å². The van der Waals surface area contributed by atoms with Gasteiger partial charge in [-0.05, 0) is 31.7 Å². The summed E-state index contributed by atoms with van der Waals surface area (Å²) in [6.45, 7) is 8.16. The molecule has 1 atom stereocenters. The largest absolute Gasteiger partial charge is 0.381 e. The summed E-state index contributed by atoms with van der Waals surface area (Å²) in [7, 11) is 0. The molecule has 0 radical (unpaired) electrons. The lowest BCUT2D eigenvalue weighted by molar-refractivity contribution is 0.0538. The van der Waals surface area contributed by atoms with Gasteiger partial charge in [-0.15, -0.1) is 0 Å². The maximum absolute atomic E-state index is 5.46. The Labute approximate surface area is 110 Å². The standard InChI is InChI=1S/C14H25N3O/c1-3-7-17-11-13(10-16-17)14(15-4-2)12-5-8-18-9-6-12/h10-12,14-15H,3-9H2,1-2H3. The molecule has 1 aromatic rings. The topological polar surface area (TPSA) is 39.1 Å². The Morgan fingerprint density at radius 3 is 2.89 bits per heavy atom. The van der Waals surface area contributed by atoms with E-state index in [1.807, 2.05) is 6.20 Å². The molecule has 2 heterocycles. The van der Waals surface area contributed by atoms with Crippen LogP contribution in [0.3, 0.4) is 0 Å². The second kappa shape index (κ2) is 6.90. The zero-order valence-corrected chi connectivity index (χ0v) is 11.6. The van der Waals surface area contributed by atoms with Crippen molar-refractivity contribution in [1.82, 2.24) is 15.1 Å². The van der Waals surface area contributed by atoms with Crippen LogP contribution in [0.2, 0.25) is 0 Å². The van der Waals surface area contributed by atoms with Gasteiger partial charge in [0, 0.05) is 37.6 Å². The summed E-state index contributed by atoms with van der Waals surface area (Å²) in [5.74, 6) is 0.679. The molecule has 0 aromatic carbocycles. The average molecular weight is 251 g/mol. The zero-order valence-electron chi connectivity index (χ0n) is 11.6. The van der Waals surface area contributed by atoms with Crippen molar-refractivity contribution < 1.29 is 4.74 Å². The molecule has 1 aromatic heterocycles. The smallest absolute Gasteiger partial charge is 0.0537 e. The first-order valence-corrected chi connectivity index (χ1v) is 7.18. The highest BCUT2D eigenvalue weighted by molar-refractivity contribution is 5.12. The van der Waals surface area contributed by atoms with Crippen LogP contribution in [-0.4, -0.2) is 29.5 Å². The molecule has 1 aliphatic heterocycles. The van der Waals surface area contributed by atoms with Crippen LogP contribution < -0.4 is 5.32 Å². The van der Waals surface area contributed by atoms with Crippen molar-refractivity contribution in [3.63, 3.8) is 0 Å². The molecular formula is C14H25N3O. The predicted molar refractivity (Wildman–Crippen MR) is 72.5 cm³/mol. The molecule has 1 fully saturated rings. The van der Waals surface area contributed by atoms with Crippen LogP contribution in [0.25, 0.3) is 0 Å². The molecule has 1 aliphatic rings. The number of rotatable bonds is 6. The molecule has 0 amide bonds. The van der Waals surface area contributed by atoms with Gasteiger partial charge in [0.1, 0.15) is 0 Å². The molecular weight excluding hydrogens is 226 g/mol. The summed E-state index contributed by atoms with van der Waals surface area (Å²) >= 11 is 0. The first-order valence-electron chi connectivity index (χ1n) is 7.18. The summed E-state index contributed by atoms with van der Waals surface area (Å²) in [5.41, 5.74) is 1.33. The number of nitrogens with zero attached hydrogens (tertiary/aromatic N) is 2. The second-order valence-corrected chi connectivity index (χ2v) is 5.02. The van der Waals surface area contributed by atoms with Crippen LogP contribution in [0.1, 0.15) is 44.7 Å². The fraction of sp³-hybridized carbons (Fsp3) is 0.786. The molecule has 18 heavy (non-hydrogen) atoms. The van der Waals surface area contributed by atoms with Crippen molar-refractivity contribution in [3.05, 3.63) is 18.0 Å². The normalized spacial score (nSPS) is 19.0. The van der Waals surface area contributed by atoms with Gasteiger partial charge in [0.2, 0.25) is 0 Å². The van der Waals surface area contributed by atoms with Crippen molar-refractivity contribution >= 4 is 0 Å². The van der Waals surface area contributed by atoms with E-state index in [0.29, 0.717) is 12.0 Å². The van der Waals surface area contributed by atoms with Gasteiger partial charge in [-0.1, -0.05) is 13.8 Å². The maximum Gasteiger partial charge on any atom is 0.0537 e. The number of ether oxygens (including phenoxy) is 1. The summed E-state index contributed by atoms with van der Waals surface area (Å²) in [5, 5.41) is 8.06. The van der Waals surface area contributed by atoms with Crippen molar-refractivity contribution in [2.24, 2.45) is 5.92 Å². The molecule has 4 heteroatoms. The van der Waals surface area contributed by atoms with Gasteiger partial charge in [-0.3, -0.25) is 4.68 Å². The lowest BCUT2D eigenvalue weighted by Crippen LogP contribution is -2.31. The van der Waals surface area contributed by atoms with Crippen LogP contribution in [0.4, 0.5) is 0 Å². The average Bonchev–Trinajstić information content (AvgIpc) is 2.86. The molecule has 1 N–H and O–H groups in total. The third kappa shape index (κ3) is 3.33. The van der Waals surface area contributed by atoms with E-state index in [9.17, 15) is 0 Å². The minimum Gasteiger partial charge on any atom is -0.381 e. The predicted octanol–water partition coefficient (Wildman–Crippen LogP) is 2.37. The lowest BCUT2D eigenvalue weighted by atomic mass is 9.88. The monoisotopic (exact) mass is 251 g/mol. The van der Waals surface area contributed by atoms with Gasteiger partial charge < -0.3 is 10.1 Å². The Morgan fingerprint density at radius 2 is 2.22 bits per heavy atom. The highest BCUT2D eigenvalue weighted by Crippen LogP contribution is 2.29. The fourth-order valence-electron chi connectivity index (χ4n) is 2.72. The van der Waals surface area contributed by atoms with Gasteiger partial charge in [-0.25, -0.2) is 0 Å². The number of hydrogen-bond acceptors (Lipinski definition) is 3. The fourth-order valence-corrected chi connectivity index (χ4v) is 2.72. The minimum atomic E-state index is 0.435. The molecule has 2 rings (SSSR count). The Balaban J connectivity index is 2.06. The number of aryl methyl sites for hydroxylation is 1. The van der Waals surface area contributed by atoms with Gasteiger partial charge in [0.05, 0.1) is 6.20 Å². The summed E-state index contributed by atoms with van der Waals surface area (Å²) in [4.78, 5) is 0. The van der Waals surface area contributed by atoms with Gasteiger partial charge in [0.25, 0.3) is 0 Å². The van der Waals surface area contributed by atoms with E-state index in [-0.39, 0.29) is 0 Å². The van der Waals surface area contributed by atoms with Crippen LogP contribution in [0.5, 0.6) is 0 Å². The molecule has 0 bridgehead atoms. The summed E-state index contributed by atoms with van der Waals surface area (Å²) < 4.78 is 7.51. The second-order valence-electron chi connectivity index (χ2n) is 5.02. The Bertz CT molecular complexity index is 345. The lowest BCUT2D eigenvalue weighted by Gasteiger charge is -2.30. The first kappa shape index (κ1) is 13.6. The van der Waals surface area contributed by atoms with E-state index in [4.69, 9.17) is 4.74 Å². The maximum atomic E-state index is 5.46. The van der Waals surface area contributed by atoms with Crippen LogP contribution in [-0.2, 0) is 11.3 Å². The zero-order chi connectivity index (χ0) is 12.8. The number of nitrogens with one attached hydrogen (secondary N) is 1. The Hall–Kier alpha value is -0.870. The third-order valence-corrected chi connectivity index (χ3v) is 3.63. The molecule has 4 nitrogen and oxygen atoms in total. The molecule has 1 unspecified atom stereocenters. The molecule has 0 spiro atoms. The van der Waals surface area contributed by atoms with E-state index in [0.717, 1.165) is 45.6 Å². The van der Waals surface area contributed by atoms with Gasteiger partial charge in [-0.2, -0.15) is 5.10 Å². The van der Waals surface area contributed by atoms with E-state index in [2.05, 4.69) is 35.1 Å². The molecule has 1 saturated heterocycles. The van der Waals surface area contributed by atoms with Crippen molar-refractivity contribution in [3.8, 4) is 0 Å². The number of hydrogen-bond donors (Lipinski definition) is 1. The molecule has 0 aliphatic carbocycles. The van der Waals surface area contributed by atoms with E-state index < -0.39 is 0 Å². The first-order chi connectivity index (χ1) is 8.85. The van der Waals surface area contributed by atoms with Crippen LogP contribution in [0, 0.1) is 5.92 Å². The SMILES string of the molecule is CCCn1cc(C(NCC)C2CCOCC2)cn1. The van der Waals surface area contributed by atoms with Crippen molar-refractivity contribution in [1.29, 1.82) is 0 Å². The number of aromatic nitrogens is 2. The molecule has 102 valence electrons. The van der Waals surface area contributed by atoms with Crippen LogP contribution in [0.15, 0.2) is 12.4 Å². The van der Waals surface area contributed by atoms with Crippen molar-refractivity contribution in [2.75, 3.05) is 19.8 Å². The van der Waals surface area contributed by atoms with Crippen molar-refractivity contribution in [2.45, 2.75) is 45.7 Å². The van der Waals surface area contributed by atoms with Crippen LogP contribution >= 0.6 is 0 Å². The van der Waals surface area contributed by atoms with E-state index in [1.165, 1.54) is 5.56 Å². The summed E-state index contributed by atoms with van der Waals surface area (Å²) in [6, 6.07) is 0.435. The third-order valence-electron chi connectivity index (χ3n) is 3.63. The quantitative estimate of drug-likeness (QED) is 0.843. The Kier molecular flexibility index (Phi) is 5.20. The van der Waals surface area contributed by atoms with E-state index >= 15 is 0 Å². The summed E-state index contributed by atoms with van der Waals surface area (Å²) in [6.07, 6.45) is 7.66. The Morgan fingerprint density at radius 1 is 1.44 bits per heavy atom. The van der Waals surface area contributed by atoms with E-state index in [1.54, 1.807) is 0 Å². The highest BCUT2D eigenvalue weighted by Gasteiger charge is 2.25. The van der Waals surface area contributed by atoms with Gasteiger partial charge >= 0.3 is 0 Å². The minimum absolute atomic E-state index is 0.435.